The molecule has 1 saturated carbocycles. The number of hydrogen-bond donors (Lipinski definition) is 1. The van der Waals surface area contributed by atoms with Crippen molar-refractivity contribution in [3.05, 3.63) is 80.9 Å². The quantitative estimate of drug-likeness (QED) is 0.271. The number of carbonyl (C=O) groups is 1. The molecule has 46 heavy (non-hydrogen) atoms. The SMILES string of the molecule is CCn1c(CN2CCN(c3ccccc3)CC2)nn(CN2CCN(c3cc4c(cc3F)c(=O)c(C(=O)O)cn4C3CC3)CC2)c1=S. The third kappa shape index (κ3) is 5.94. The van der Waals surface area contributed by atoms with Gasteiger partial charge in [-0.25, -0.2) is 13.9 Å². The number of fused-ring (bicyclic) bond motifs is 1. The van der Waals surface area contributed by atoms with Crippen molar-refractivity contribution < 1.29 is 14.3 Å². The van der Waals surface area contributed by atoms with Crippen molar-refractivity contribution in [2.45, 2.75) is 45.6 Å². The van der Waals surface area contributed by atoms with Gasteiger partial charge in [0.15, 0.2) is 4.77 Å². The molecule has 4 aromatic rings. The van der Waals surface area contributed by atoms with Gasteiger partial charge in [0, 0.05) is 82.2 Å². The maximum atomic E-state index is 15.5. The summed E-state index contributed by atoms with van der Waals surface area (Å²) in [7, 11) is 0. The Hall–Kier alpha value is -4.07. The molecule has 0 unspecified atom stereocenters. The van der Waals surface area contributed by atoms with E-state index in [9.17, 15) is 14.7 Å². The number of hydrogen-bond acceptors (Lipinski definition) is 8. The molecule has 7 rings (SSSR count). The number of piperazine rings is 2. The Morgan fingerprint density at radius 2 is 1.65 bits per heavy atom. The zero-order valence-corrected chi connectivity index (χ0v) is 26.8. The number of aromatic carboxylic acids is 1. The van der Waals surface area contributed by atoms with E-state index in [0.717, 1.165) is 57.9 Å². The van der Waals surface area contributed by atoms with Gasteiger partial charge in [-0.05, 0) is 56.2 Å². The minimum Gasteiger partial charge on any atom is -0.477 e. The molecule has 13 heteroatoms. The first-order chi connectivity index (χ1) is 22.3. The highest BCUT2D eigenvalue weighted by molar-refractivity contribution is 7.71. The fourth-order valence-electron chi connectivity index (χ4n) is 6.74. The largest absolute Gasteiger partial charge is 0.477 e. The minimum absolute atomic E-state index is 0.112. The summed E-state index contributed by atoms with van der Waals surface area (Å²) in [4.78, 5) is 33.7. The van der Waals surface area contributed by atoms with Crippen LogP contribution in [0, 0.1) is 10.6 Å². The van der Waals surface area contributed by atoms with E-state index in [-0.39, 0.29) is 17.0 Å². The van der Waals surface area contributed by atoms with Gasteiger partial charge in [0.05, 0.1) is 24.4 Å². The van der Waals surface area contributed by atoms with Crippen molar-refractivity contribution in [1.82, 2.24) is 28.7 Å². The number of aromatic nitrogens is 4. The van der Waals surface area contributed by atoms with Crippen molar-refractivity contribution >= 4 is 40.5 Å². The van der Waals surface area contributed by atoms with Crippen LogP contribution in [0.15, 0.2) is 53.5 Å². The first-order valence-electron chi connectivity index (χ1n) is 16.1. The number of pyridine rings is 1. The first kappa shape index (κ1) is 30.6. The van der Waals surface area contributed by atoms with Crippen LogP contribution in [-0.2, 0) is 19.8 Å². The Morgan fingerprint density at radius 3 is 2.30 bits per heavy atom. The standard InChI is InChI=1S/C33H39FN8O3S/c1-2-40-30(21-36-10-14-38(15-11-36)23-6-4-3-5-7-23)35-42(33(40)46)22-37-12-16-39(17-13-37)29-19-28-25(18-27(29)34)31(43)26(32(44)45)20-41(28)24-8-9-24/h3-7,18-20,24H,2,8-17,21-22H2,1H3,(H,44,45). The van der Waals surface area contributed by atoms with Crippen LogP contribution in [0.5, 0.6) is 0 Å². The summed E-state index contributed by atoms with van der Waals surface area (Å²) in [5.41, 5.74) is 1.32. The van der Waals surface area contributed by atoms with Gasteiger partial charge in [-0.2, -0.15) is 5.10 Å². The van der Waals surface area contributed by atoms with Gasteiger partial charge in [0.2, 0.25) is 5.43 Å². The fourth-order valence-corrected chi connectivity index (χ4v) is 7.08. The summed E-state index contributed by atoms with van der Waals surface area (Å²) in [6, 6.07) is 13.6. The number of nitrogens with zero attached hydrogens (tertiary/aromatic N) is 8. The number of halogens is 1. The number of carboxylic acids is 1. The van der Waals surface area contributed by atoms with E-state index < -0.39 is 17.2 Å². The number of rotatable bonds is 9. The minimum atomic E-state index is -1.29. The first-order valence-corrected chi connectivity index (χ1v) is 16.5. The van der Waals surface area contributed by atoms with E-state index in [1.54, 1.807) is 6.07 Å². The molecule has 3 aliphatic rings. The van der Waals surface area contributed by atoms with Crippen LogP contribution >= 0.6 is 12.2 Å². The molecule has 0 radical (unpaired) electrons. The van der Waals surface area contributed by atoms with Gasteiger partial charge in [-0.15, -0.1) is 0 Å². The summed E-state index contributed by atoms with van der Waals surface area (Å²) in [5.74, 6) is -0.828. The molecule has 1 aliphatic carbocycles. The number of benzene rings is 2. The van der Waals surface area contributed by atoms with Gasteiger partial charge >= 0.3 is 5.97 Å². The molecule has 1 N–H and O–H groups in total. The van der Waals surface area contributed by atoms with Crippen LogP contribution < -0.4 is 15.2 Å². The Labute approximate surface area is 271 Å². The van der Waals surface area contributed by atoms with E-state index in [4.69, 9.17) is 17.3 Å². The fraction of sp³-hybridized carbons (Fsp3) is 0.455. The lowest BCUT2D eigenvalue weighted by Crippen LogP contribution is -2.47. The van der Waals surface area contributed by atoms with E-state index in [0.29, 0.717) is 48.8 Å². The van der Waals surface area contributed by atoms with Crippen molar-refractivity contribution in [2.75, 3.05) is 62.2 Å². The highest BCUT2D eigenvalue weighted by Crippen LogP contribution is 2.38. The van der Waals surface area contributed by atoms with Crippen molar-refractivity contribution in [2.24, 2.45) is 0 Å². The smallest absolute Gasteiger partial charge is 0.341 e. The molecule has 2 saturated heterocycles. The average molecular weight is 647 g/mol. The van der Waals surface area contributed by atoms with Crippen LogP contribution in [-0.4, -0.2) is 92.1 Å². The highest BCUT2D eigenvalue weighted by Gasteiger charge is 2.29. The molecular formula is C33H39FN8O3S. The molecule has 2 aliphatic heterocycles. The van der Waals surface area contributed by atoms with Crippen LogP contribution in [0.2, 0.25) is 0 Å². The van der Waals surface area contributed by atoms with Crippen LogP contribution in [0.4, 0.5) is 15.8 Å². The topological polar surface area (TPSA) is 95.0 Å². The molecule has 11 nitrogen and oxygen atoms in total. The molecular weight excluding hydrogens is 607 g/mol. The van der Waals surface area contributed by atoms with Gasteiger partial charge in [-0.3, -0.25) is 14.6 Å². The van der Waals surface area contributed by atoms with Gasteiger partial charge in [-0.1, -0.05) is 18.2 Å². The zero-order valence-electron chi connectivity index (χ0n) is 26.0. The second-order valence-electron chi connectivity index (χ2n) is 12.4. The molecule has 4 heterocycles. The van der Waals surface area contributed by atoms with Gasteiger partial charge in [0.1, 0.15) is 17.2 Å². The maximum Gasteiger partial charge on any atom is 0.341 e. The Kier molecular flexibility index (Phi) is 8.38. The Morgan fingerprint density at radius 1 is 0.978 bits per heavy atom. The summed E-state index contributed by atoms with van der Waals surface area (Å²) in [6.45, 7) is 10.6. The normalized spacial score (nSPS) is 18.0. The Balaban J connectivity index is 1.02. The van der Waals surface area contributed by atoms with Crippen molar-refractivity contribution in [3.8, 4) is 0 Å². The molecule has 242 valence electrons. The molecule has 0 amide bonds. The number of carboxylic acid groups (broad SMARTS) is 1. The molecule has 2 aromatic heterocycles. The van der Waals surface area contributed by atoms with E-state index >= 15 is 4.39 Å². The van der Waals surface area contributed by atoms with Gasteiger partial charge < -0.3 is 24.0 Å². The van der Waals surface area contributed by atoms with E-state index in [1.807, 2.05) is 20.2 Å². The monoisotopic (exact) mass is 646 g/mol. The lowest BCUT2D eigenvalue weighted by Gasteiger charge is -2.36. The predicted octanol–water partition coefficient (Wildman–Crippen LogP) is 4.02. The van der Waals surface area contributed by atoms with Crippen LogP contribution in [0.1, 0.15) is 42.0 Å². The van der Waals surface area contributed by atoms with Crippen LogP contribution in [0.25, 0.3) is 10.9 Å². The van der Waals surface area contributed by atoms with E-state index in [1.165, 1.54) is 18.0 Å². The molecule has 2 aromatic carbocycles. The third-order valence-electron chi connectivity index (χ3n) is 9.49. The van der Waals surface area contributed by atoms with Crippen molar-refractivity contribution in [1.29, 1.82) is 0 Å². The van der Waals surface area contributed by atoms with Crippen LogP contribution in [0.3, 0.4) is 0 Å². The predicted molar refractivity (Wildman–Crippen MR) is 178 cm³/mol. The lowest BCUT2D eigenvalue weighted by molar-refractivity contribution is 0.0695. The number of anilines is 2. The van der Waals surface area contributed by atoms with Gasteiger partial charge in [0.25, 0.3) is 0 Å². The maximum absolute atomic E-state index is 15.5. The molecule has 0 bridgehead atoms. The lowest BCUT2D eigenvalue weighted by atomic mass is 10.1. The Bertz CT molecular complexity index is 1870. The summed E-state index contributed by atoms with van der Waals surface area (Å²) < 4.78 is 22.0. The third-order valence-corrected chi connectivity index (χ3v) is 9.92. The second-order valence-corrected chi connectivity index (χ2v) is 12.8. The second kappa shape index (κ2) is 12.6. The van der Waals surface area contributed by atoms with E-state index in [2.05, 4.69) is 50.5 Å². The van der Waals surface area contributed by atoms with Crippen molar-refractivity contribution in [3.63, 3.8) is 0 Å². The molecule has 3 fully saturated rings. The molecule has 0 atom stereocenters. The molecule has 0 spiro atoms. The summed E-state index contributed by atoms with van der Waals surface area (Å²) in [5, 5.41) is 14.6. The summed E-state index contributed by atoms with van der Waals surface area (Å²) in [6.07, 6.45) is 3.24. The zero-order chi connectivity index (χ0) is 31.9. The summed E-state index contributed by atoms with van der Waals surface area (Å²) >= 11 is 5.85. The number of para-hydroxylation sites is 1. The average Bonchev–Trinajstić information content (AvgIpc) is 3.87. The highest BCUT2D eigenvalue weighted by atomic mass is 32.1.